The number of nitrogens with zero attached hydrogens (tertiary/aromatic N) is 1. The molecule has 0 saturated heterocycles. The SMILES string of the molecule is Cc1cccc(/C=C/c2ccc(F)c(F)c2)n1. The molecule has 0 fully saturated rings. The highest BCUT2D eigenvalue weighted by atomic mass is 19.2. The zero-order valence-corrected chi connectivity index (χ0v) is 9.32. The Hall–Kier alpha value is -2.03. The third-order valence-corrected chi connectivity index (χ3v) is 2.30. The lowest BCUT2D eigenvalue weighted by Crippen LogP contribution is -1.85. The number of aryl methyl sites for hydroxylation is 1. The van der Waals surface area contributed by atoms with Crippen LogP contribution in [0.5, 0.6) is 0 Å². The van der Waals surface area contributed by atoms with Crippen LogP contribution in [0.1, 0.15) is 17.0 Å². The molecule has 0 aliphatic heterocycles. The zero-order chi connectivity index (χ0) is 12.3. The minimum atomic E-state index is -0.843. The van der Waals surface area contributed by atoms with Crippen LogP contribution in [0.15, 0.2) is 36.4 Å². The zero-order valence-electron chi connectivity index (χ0n) is 9.32. The Morgan fingerprint density at radius 3 is 2.53 bits per heavy atom. The van der Waals surface area contributed by atoms with Gasteiger partial charge in [-0.2, -0.15) is 0 Å². The molecule has 0 spiro atoms. The Morgan fingerprint density at radius 2 is 1.82 bits per heavy atom. The maximum Gasteiger partial charge on any atom is 0.159 e. The highest BCUT2D eigenvalue weighted by Gasteiger charge is 1.99. The number of halogens is 2. The van der Waals surface area contributed by atoms with Crippen molar-refractivity contribution in [1.29, 1.82) is 0 Å². The lowest BCUT2D eigenvalue weighted by atomic mass is 10.2. The van der Waals surface area contributed by atoms with E-state index in [9.17, 15) is 8.78 Å². The number of aromatic nitrogens is 1. The molecule has 1 aromatic heterocycles. The minimum Gasteiger partial charge on any atom is -0.254 e. The van der Waals surface area contributed by atoms with Crippen LogP contribution >= 0.6 is 0 Å². The summed E-state index contributed by atoms with van der Waals surface area (Å²) in [5.74, 6) is -1.68. The molecule has 1 heterocycles. The van der Waals surface area contributed by atoms with E-state index >= 15 is 0 Å². The maximum atomic E-state index is 12.9. The van der Waals surface area contributed by atoms with Gasteiger partial charge in [0, 0.05) is 5.69 Å². The van der Waals surface area contributed by atoms with Gasteiger partial charge in [0.25, 0.3) is 0 Å². The second-order valence-corrected chi connectivity index (χ2v) is 3.71. The number of hydrogen-bond acceptors (Lipinski definition) is 1. The molecule has 2 rings (SSSR count). The Labute approximate surface area is 98.4 Å². The van der Waals surface area contributed by atoms with Crippen molar-refractivity contribution in [1.82, 2.24) is 4.98 Å². The second-order valence-electron chi connectivity index (χ2n) is 3.71. The van der Waals surface area contributed by atoms with Crippen molar-refractivity contribution in [2.75, 3.05) is 0 Å². The van der Waals surface area contributed by atoms with Gasteiger partial charge in [-0.1, -0.05) is 18.2 Å². The molecular formula is C14H11F2N. The Bertz CT molecular complexity index is 562. The van der Waals surface area contributed by atoms with E-state index in [1.54, 1.807) is 12.2 Å². The van der Waals surface area contributed by atoms with Crippen LogP contribution in [0.3, 0.4) is 0 Å². The Morgan fingerprint density at radius 1 is 1.00 bits per heavy atom. The lowest BCUT2D eigenvalue weighted by molar-refractivity contribution is 0.508. The Kier molecular flexibility index (Phi) is 3.28. The second kappa shape index (κ2) is 4.87. The first-order valence-electron chi connectivity index (χ1n) is 5.22. The van der Waals surface area contributed by atoms with Crippen LogP contribution in [0, 0.1) is 18.6 Å². The summed E-state index contributed by atoms with van der Waals surface area (Å²) in [6.45, 7) is 1.90. The van der Waals surface area contributed by atoms with Crippen molar-refractivity contribution in [2.24, 2.45) is 0 Å². The molecule has 0 aliphatic carbocycles. The van der Waals surface area contributed by atoms with E-state index < -0.39 is 11.6 Å². The number of hydrogen-bond donors (Lipinski definition) is 0. The predicted molar refractivity (Wildman–Crippen MR) is 64.3 cm³/mol. The predicted octanol–water partition coefficient (Wildman–Crippen LogP) is 3.84. The van der Waals surface area contributed by atoms with Gasteiger partial charge in [-0.3, -0.25) is 4.98 Å². The van der Waals surface area contributed by atoms with Crippen LogP contribution in [-0.4, -0.2) is 4.98 Å². The summed E-state index contributed by atoms with van der Waals surface area (Å²) in [7, 11) is 0. The molecule has 0 N–H and O–H groups in total. The molecule has 0 saturated carbocycles. The van der Waals surface area contributed by atoms with Gasteiger partial charge >= 0.3 is 0 Å². The molecule has 2 aromatic rings. The van der Waals surface area contributed by atoms with E-state index in [1.165, 1.54) is 6.07 Å². The Balaban J connectivity index is 2.23. The van der Waals surface area contributed by atoms with Crippen LogP contribution < -0.4 is 0 Å². The normalized spacial score (nSPS) is 11.0. The van der Waals surface area contributed by atoms with Crippen molar-refractivity contribution < 1.29 is 8.78 Å². The van der Waals surface area contributed by atoms with Crippen LogP contribution in [0.2, 0.25) is 0 Å². The summed E-state index contributed by atoms with van der Waals surface area (Å²) in [5.41, 5.74) is 2.30. The molecular weight excluding hydrogens is 220 g/mol. The van der Waals surface area contributed by atoms with Crippen LogP contribution in [0.4, 0.5) is 8.78 Å². The quantitative estimate of drug-likeness (QED) is 0.765. The van der Waals surface area contributed by atoms with Gasteiger partial charge < -0.3 is 0 Å². The molecule has 0 radical (unpaired) electrons. The van der Waals surface area contributed by atoms with E-state index in [1.807, 2.05) is 25.1 Å². The van der Waals surface area contributed by atoms with Gasteiger partial charge in [0.2, 0.25) is 0 Å². The monoisotopic (exact) mass is 231 g/mol. The molecule has 3 heteroatoms. The molecule has 0 aliphatic rings. The van der Waals surface area contributed by atoms with E-state index in [4.69, 9.17) is 0 Å². The van der Waals surface area contributed by atoms with Gasteiger partial charge in [0.15, 0.2) is 11.6 Å². The van der Waals surface area contributed by atoms with Crippen molar-refractivity contribution in [3.8, 4) is 0 Å². The summed E-state index contributed by atoms with van der Waals surface area (Å²) in [6, 6.07) is 9.43. The molecule has 0 unspecified atom stereocenters. The smallest absolute Gasteiger partial charge is 0.159 e. The summed E-state index contributed by atoms with van der Waals surface area (Å²) in [4.78, 5) is 4.27. The average Bonchev–Trinajstić information content (AvgIpc) is 2.31. The summed E-state index contributed by atoms with van der Waals surface area (Å²) in [6.07, 6.45) is 3.46. The molecule has 86 valence electrons. The molecule has 1 aromatic carbocycles. The van der Waals surface area contributed by atoms with Gasteiger partial charge in [0.05, 0.1) is 5.69 Å². The molecule has 1 nitrogen and oxygen atoms in total. The van der Waals surface area contributed by atoms with Crippen molar-refractivity contribution in [3.63, 3.8) is 0 Å². The third kappa shape index (κ3) is 2.97. The van der Waals surface area contributed by atoms with Crippen molar-refractivity contribution in [2.45, 2.75) is 6.92 Å². The highest BCUT2D eigenvalue weighted by molar-refractivity contribution is 5.67. The first kappa shape index (κ1) is 11.5. The topological polar surface area (TPSA) is 12.9 Å². The lowest BCUT2D eigenvalue weighted by Gasteiger charge is -1.97. The largest absolute Gasteiger partial charge is 0.254 e. The fourth-order valence-electron chi connectivity index (χ4n) is 1.45. The van der Waals surface area contributed by atoms with E-state index in [0.29, 0.717) is 5.56 Å². The fourth-order valence-corrected chi connectivity index (χ4v) is 1.45. The fraction of sp³-hybridized carbons (Fsp3) is 0.0714. The van der Waals surface area contributed by atoms with E-state index in [-0.39, 0.29) is 0 Å². The maximum absolute atomic E-state index is 12.9. The van der Waals surface area contributed by atoms with Gasteiger partial charge in [-0.25, -0.2) is 8.78 Å². The summed E-state index contributed by atoms with van der Waals surface area (Å²) >= 11 is 0. The number of benzene rings is 1. The van der Waals surface area contributed by atoms with Gasteiger partial charge in [-0.15, -0.1) is 0 Å². The number of rotatable bonds is 2. The molecule has 0 amide bonds. The van der Waals surface area contributed by atoms with Gasteiger partial charge in [0.1, 0.15) is 0 Å². The molecule has 17 heavy (non-hydrogen) atoms. The molecule has 0 atom stereocenters. The van der Waals surface area contributed by atoms with Crippen LogP contribution in [-0.2, 0) is 0 Å². The van der Waals surface area contributed by atoms with E-state index in [2.05, 4.69) is 4.98 Å². The summed E-state index contributed by atoms with van der Waals surface area (Å²) < 4.78 is 25.6. The summed E-state index contributed by atoms with van der Waals surface area (Å²) in [5, 5.41) is 0. The standard InChI is InChI=1S/C14H11F2N/c1-10-3-2-4-12(17-10)7-5-11-6-8-13(15)14(16)9-11/h2-9H,1H3/b7-5+. The van der Waals surface area contributed by atoms with E-state index in [0.717, 1.165) is 23.5 Å². The molecule has 0 bridgehead atoms. The van der Waals surface area contributed by atoms with Gasteiger partial charge in [-0.05, 0) is 42.8 Å². The van der Waals surface area contributed by atoms with Crippen LogP contribution in [0.25, 0.3) is 12.2 Å². The number of pyridine rings is 1. The first-order valence-corrected chi connectivity index (χ1v) is 5.22. The first-order chi connectivity index (χ1) is 8.15. The minimum absolute atomic E-state index is 0.604. The van der Waals surface area contributed by atoms with Crippen molar-refractivity contribution in [3.05, 3.63) is 65.0 Å². The van der Waals surface area contributed by atoms with Crippen molar-refractivity contribution >= 4 is 12.2 Å². The average molecular weight is 231 g/mol. The highest BCUT2D eigenvalue weighted by Crippen LogP contribution is 2.11. The third-order valence-electron chi connectivity index (χ3n) is 2.30.